The number of carbonyl (C=O) groups is 1. The Kier molecular flexibility index (Phi) is 4.64. The number of amides is 1. The first-order valence-corrected chi connectivity index (χ1v) is 9.92. The van der Waals surface area contributed by atoms with Crippen LogP contribution in [0.1, 0.15) is 25.2 Å². The number of halogens is 3. The molecule has 0 spiro atoms. The second-order valence-corrected chi connectivity index (χ2v) is 7.91. The van der Waals surface area contributed by atoms with E-state index in [0.29, 0.717) is 37.7 Å². The molecule has 30 heavy (non-hydrogen) atoms. The Labute approximate surface area is 170 Å². The summed E-state index contributed by atoms with van der Waals surface area (Å²) in [5.41, 5.74) is 0.344. The molecule has 0 saturated carbocycles. The second-order valence-electron chi connectivity index (χ2n) is 7.91. The highest BCUT2D eigenvalue weighted by Crippen LogP contribution is 2.37. The molecule has 2 atom stereocenters. The van der Waals surface area contributed by atoms with E-state index in [2.05, 4.69) is 24.5 Å². The highest BCUT2D eigenvalue weighted by Gasteiger charge is 2.48. The molecule has 11 heteroatoms. The highest BCUT2D eigenvalue weighted by molar-refractivity contribution is 5.81. The van der Waals surface area contributed by atoms with Gasteiger partial charge in [0, 0.05) is 44.0 Å². The first kappa shape index (κ1) is 19.3. The molecule has 160 valence electrons. The van der Waals surface area contributed by atoms with Crippen molar-refractivity contribution >= 4 is 11.7 Å². The molecule has 6 heterocycles. The number of ether oxygens (including phenoxy) is 1. The molecule has 2 unspecified atom stereocenters. The molecule has 6 rings (SSSR count). The number of rotatable bonds is 3. The highest BCUT2D eigenvalue weighted by atomic mass is 19.4. The van der Waals surface area contributed by atoms with Gasteiger partial charge in [0.2, 0.25) is 11.7 Å². The zero-order chi connectivity index (χ0) is 20.9. The molecule has 4 saturated heterocycles. The molecule has 0 radical (unpaired) electrons. The van der Waals surface area contributed by atoms with Gasteiger partial charge in [-0.15, -0.1) is 0 Å². The summed E-state index contributed by atoms with van der Waals surface area (Å²) in [6.07, 6.45) is -0.680. The standard InChI is InChI=1S/C19H20F3N5O3/c20-19(21,22)18-24-16(25-30-18)12-1-2-15(23-8-12)26-9-13-7-14(10-26)27(13)17(28)11-3-5-29-6-4-11/h1-2,8,11,13-14H,3-7,9-10H2. The molecular weight excluding hydrogens is 403 g/mol. The predicted octanol–water partition coefficient (Wildman–Crippen LogP) is 2.37. The van der Waals surface area contributed by atoms with Gasteiger partial charge in [0.25, 0.3) is 0 Å². The van der Waals surface area contributed by atoms with Crippen LogP contribution in [0, 0.1) is 5.92 Å². The number of pyridine rings is 1. The maximum Gasteiger partial charge on any atom is 0.471 e. The second kappa shape index (κ2) is 7.22. The lowest BCUT2D eigenvalue weighted by atomic mass is 9.84. The van der Waals surface area contributed by atoms with Crippen LogP contribution in [0.25, 0.3) is 11.4 Å². The topological polar surface area (TPSA) is 84.6 Å². The van der Waals surface area contributed by atoms with Gasteiger partial charge in [-0.3, -0.25) is 4.79 Å². The normalized spacial score (nSPS) is 24.6. The van der Waals surface area contributed by atoms with Gasteiger partial charge in [-0.1, -0.05) is 5.16 Å². The van der Waals surface area contributed by atoms with E-state index in [-0.39, 0.29) is 29.7 Å². The number of fused-ring (bicyclic) bond motifs is 2. The number of piperidine rings is 1. The summed E-state index contributed by atoms with van der Waals surface area (Å²) in [6, 6.07) is 3.70. The van der Waals surface area contributed by atoms with Crippen molar-refractivity contribution in [1.29, 1.82) is 0 Å². The summed E-state index contributed by atoms with van der Waals surface area (Å²) in [5.74, 6) is -0.529. The van der Waals surface area contributed by atoms with Gasteiger partial charge in [-0.25, -0.2) is 4.98 Å². The van der Waals surface area contributed by atoms with Crippen LogP contribution in [-0.2, 0) is 15.7 Å². The van der Waals surface area contributed by atoms with E-state index in [1.54, 1.807) is 12.1 Å². The van der Waals surface area contributed by atoms with Gasteiger partial charge in [-0.05, 0) is 31.4 Å². The van der Waals surface area contributed by atoms with Crippen LogP contribution in [0.15, 0.2) is 22.9 Å². The smallest absolute Gasteiger partial charge is 0.381 e. The Hall–Kier alpha value is -2.69. The van der Waals surface area contributed by atoms with Crippen LogP contribution in [0.5, 0.6) is 0 Å². The van der Waals surface area contributed by atoms with Crippen LogP contribution < -0.4 is 4.90 Å². The molecule has 0 aliphatic carbocycles. The van der Waals surface area contributed by atoms with Crippen molar-refractivity contribution in [3.8, 4) is 11.4 Å². The zero-order valence-electron chi connectivity index (χ0n) is 16.0. The van der Waals surface area contributed by atoms with E-state index in [0.717, 1.165) is 19.3 Å². The maximum atomic E-state index is 12.8. The number of piperazine rings is 1. The van der Waals surface area contributed by atoms with Crippen molar-refractivity contribution in [2.24, 2.45) is 5.92 Å². The van der Waals surface area contributed by atoms with Gasteiger partial charge in [-0.2, -0.15) is 18.2 Å². The van der Waals surface area contributed by atoms with E-state index >= 15 is 0 Å². The third-order valence-electron chi connectivity index (χ3n) is 6.02. The quantitative estimate of drug-likeness (QED) is 0.749. The fourth-order valence-electron chi connectivity index (χ4n) is 4.47. The average Bonchev–Trinajstić information content (AvgIpc) is 3.25. The predicted molar refractivity (Wildman–Crippen MR) is 97.3 cm³/mol. The number of anilines is 1. The number of aromatic nitrogens is 3. The monoisotopic (exact) mass is 423 g/mol. The first-order valence-electron chi connectivity index (χ1n) is 9.92. The Morgan fingerprint density at radius 3 is 2.47 bits per heavy atom. The van der Waals surface area contributed by atoms with E-state index in [1.807, 2.05) is 4.90 Å². The molecule has 0 N–H and O–H groups in total. The van der Waals surface area contributed by atoms with E-state index in [4.69, 9.17) is 4.74 Å². The molecule has 2 bridgehead atoms. The molecule has 4 aliphatic heterocycles. The van der Waals surface area contributed by atoms with E-state index < -0.39 is 12.1 Å². The zero-order valence-corrected chi connectivity index (χ0v) is 16.0. The Morgan fingerprint density at radius 1 is 1.13 bits per heavy atom. The van der Waals surface area contributed by atoms with Crippen molar-refractivity contribution in [2.75, 3.05) is 31.2 Å². The molecule has 4 aliphatic rings. The SMILES string of the molecule is O=C(C1CCOCC1)N1C2CC1CN(c1ccc(-c3noc(C(F)(F)F)n3)cn1)C2. The summed E-state index contributed by atoms with van der Waals surface area (Å²) >= 11 is 0. The lowest BCUT2D eigenvalue weighted by Gasteiger charge is -2.57. The van der Waals surface area contributed by atoms with Gasteiger partial charge in [0.05, 0.1) is 12.1 Å². The van der Waals surface area contributed by atoms with Crippen molar-refractivity contribution in [3.63, 3.8) is 0 Å². The number of nitrogens with zero attached hydrogens (tertiary/aromatic N) is 5. The summed E-state index contributed by atoms with van der Waals surface area (Å²) in [6.45, 7) is 2.68. The fraction of sp³-hybridized carbons (Fsp3) is 0.579. The Morgan fingerprint density at radius 2 is 1.87 bits per heavy atom. The minimum Gasteiger partial charge on any atom is -0.381 e. The Bertz CT molecular complexity index is 914. The van der Waals surface area contributed by atoms with Crippen LogP contribution in [0.3, 0.4) is 0 Å². The third-order valence-corrected chi connectivity index (χ3v) is 6.02. The largest absolute Gasteiger partial charge is 0.471 e. The van der Waals surface area contributed by atoms with Gasteiger partial charge in [0.15, 0.2) is 0 Å². The summed E-state index contributed by atoms with van der Waals surface area (Å²) in [7, 11) is 0. The number of hydrogen-bond donors (Lipinski definition) is 0. The lowest BCUT2D eigenvalue weighted by molar-refractivity contribution is -0.159. The van der Waals surface area contributed by atoms with Crippen LogP contribution in [-0.4, -0.2) is 64.3 Å². The molecule has 2 aromatic rings. The third kappa shape index (κ3) is 3.40. The number of hydrogen-bond acceptors (Lipinski definition) is 7. The van der Waals surface area contributed by atoms with Crippen LogP contribution in [0.2, 0.25) is 0 Å². The van der Waals surface area contributed by atoms with Crippen LogP contribution in [0.4, 0.5) is 19.0 Å². The molecular formula is C19H20F3N5O3. The molecule has 1 amide bonds. The average molecular weight is 423 g/mol. The van der Waals surface area contributed by atoms with Gasteiger partial charge < -0.3 is 19.1 Å². The minimum atomic E-state index is -4.68. The van der Waals surface area contributed by atoms with Crippen molar-refractivity contribution in [3.05, 3.63) is 24.2 Å². The van der Waals surface area contributed by atoms with E-state index in [1.165, 1.54) is 6.20 Å². The summed E-state index contributed by atoms with van der Waals surface area (Å²) in [4.78, 5) is 24.7. The molecule has 0 aromatic carbocycles. The Balaban J connectivity index is 1.24. The van der Waals surface area contributed by atoms with Crippen LogP contribution >= 0.6 is 0 Å². The van der Waals surface area contributed by atoms with Gasteiger partial charge in [0.1, 0.15) is 5.82 Å². The molecule has 2 aromatic heterocycles. The lowest BCUT2D eigenvalue weighted by Crippen LogP contribution is -2.71. The van der Waals surface area contributed by atoms with Crippen molar-refractivity contribution < 1.29 is 27.2 Å². The minimum absolute atomic E-state index is 0.0598. The first-order chi connectivity index (χ1) is 14.4. The fourth-order valence-corrected chi connectivity index (χ4v) is 4.47. The van der Waals surface area contributed by atoms with Crippen molar-refractivity contribution in [1.82, 2.24) is 20.0 Å². The number of alkyl halides is 3. The number of carbonyl (C=O) groups excluding carboxylic acids is 1. The van der Waals surface area contributed by atoms with Gasteiger partial charge >= 0.3 is 12.1 Å². The van der Waals surface area contributed by atoms with Crippen molar-refractivity contribution in [2.45, 2.75) is 37.5 Å². The van der Waals surface area contributed by atoms with E-state index in [9.17, 15) is 18.0 Å². The summed E-state index contributed by atoms with van der Waals surface area (Å²) in [5, 5.41) is 3.38. The molecule has 4 fully saturated rings. The molecule has 8 nitrogen and oxygen atoms in total. The summed E-state index contributed by atoms with van der Waals surface area (Å²) < 4.78 is 47.5. The maximum absolute atomic E-state index is 12.8.